The molecule has 38 heavy (non-hydrogen) atoms. The predicted molar refractivity (Wildman–Crippen MR) is 136 cm³/mol. The number of ether oxygens (including phenoxy) is 2. The Balaban J connectivity index is 1.61. The Morgan fingerprint density at radius 2 is 1.76 bits per heavy atom. The number of rotatable bonds is 9. The van der Waals surface area contributed by atoms with E-state index in [2.05, 4.69) is 14.4 Å². The van der Waals surface area contributed by atoms with E-state index in [1.165, 1.54) is 37.4 Å². The fourth-order valence-electron chi connectivity index (χ4n) is 4.04. The first-order valence-electron chi connectivity index (χ1n) is 11.3. The van der Waals surface area contributed by atoms with E-state index in [9.17, 15) is 26.4 Å². The zero-order valence-electron chi connectivity index (χ0n) is 19.9. The van der Waals surface area contributed by atoms with Crippen LogP contribution in [0.2, 0.25) is 5.02 Å². The monoisotopic (exact) mass is 566 g/mol. The normalized spacial score (nSPS) is 12.0. The average Bonchev–Trinajstić information content (AvgIpc) is 3.22. The molecular formula is C26H22ClF3N2O5S. The lowest BCUT2D eigenvalue weighted by Crippen LogP contribution is -2.26. The summed E-state index contributed by atoms with van der Waals surface area (Å²) in [5, 5.41) is 0.734. The van der Waals surface area contributed by atoms with Crippen molar-refractivity contribution >= 4 is 38.5 Å². The molecular weight excluding hydrogens is 545 g/mol. The number of aromatic nitrogens is 1. The predicted octanol–water partition coefficient (Wildman–Crippen LogP) is 5.62. The van der Waals surface area contributed by atoms with E-state index in [1.807, 2.05) is 24.3 Å². The molecule has 0 aliphatic heterocycles. The van der Waals surface area contributed by atoms with E-state index in [1.54, 1.807) is 6.07 Å². The molecule has 0 saturated heterocycles. The summed E-state index contributed by atoms with van der Waals surface area (Å²) in [5.74, 6) is -0.870. The van der Waals surface area contributed by atoms with Gasteiger partial charge in [0.1, 0.15) is 10.6 Å². The van der Waals surface area contributed by atoms with Crippen molar-refractivity contribution < 1.29 is 35.9 Å². The van der Waals surface area contributed by atoms with Gasteiger partial charge in [0.15, 0.2) is 0 Å². The highest BCUT2D eigenvalue weighted by molar-refractivity contribution is 7.89. The smallest absolute Gasteiger partial charge is 0.469 e. The van der Waals surface area contributed by atoms with Crippen molar-refractivity contribution in [2.45, 2.75) is 24.1 Å². The summed E-state index contributed by atoms with van der Waals surface area (Å²) >= 11 is 6.24. The second-order valence-corrected chi connectivity index (χ2v) is 10.4. The lowest BCUT2D eigenvalue weighted by molar-refractivity contribution is -0.274. The summed E-state index contributed by atoms with van der Waals surface area (Å²) in [4.78, 5) is 15.1. The van der Waals surface area contributed by atoms with Crippen LogP contribution in [-0.2, 0) is 32.4 Å². The highest BCUT2D eigenvalue weighted by Gasteiger charge is 2.32. The third-order valence-corrected chi connectivity index (χ3v) is 7.70. The van der Waals surface area contributed by atoms with Gasteiger partial charge < -0.3 is 14.5 Å². The molecule has 1 aromatic heterocycles. The van der Waals surface area contributed by atoms with Crippen molar-refractivity contribution in [2.24, 2.45) is 0 Å². The van der Waals surface area contributed by atoms with Crippen LogP contribution in [0.3, 0.4) is 0 Å². The Labute approximate surface area is 221 Å². The van der Waals surface area contributed by atoms with Gasteiger partial charge in [-0.05, 0) is 47.4 Å². The first-order valence-corrected chi connectivity index (χ1v) is 13.1. The van der Waals surface area contributed by atoms with Crippen LogP contribution < -0.4 is 9.46 Å². The van der Waals surface area contributed by atoms with E-state index in [-0.39, 0.29) is 34.9 Å². The molecule has 3 aromatic carbocycles. The highest BCUT2D eigenvalue weighted by atomic mass is 35.5. The largest absolute Gasteiger partial charge is 0.573 e. The first-order chi connectivity index (χ1) is 18.0. The third kappa shape index (κ3) is 6.29. The second kappa shape index (κ2) is 11.1. The number of carbonyl (C=O) groups is 1. The summed E-state index contributed by atoms with van der Waals surface area (Å²) in [6.07, 6.45) is -4.98. The van der Waals surface area contributed by atoms with Gasteiger partial charge in [-0.2, -0.15) is 0 Å². The number of halogens is 4. The third-order valence-electron chi connectivity index (χ3n) is 5.76. The lowest BCUT2D eigenvalue weighted by Gasteiger charge is -2.14. The number of fused-ring (bicyclic) bond motifs is 1. The molecule has 4 aromatic rings. The fraction of sp³-hybridized carbons (Fsp3) is 0.192. The number of para-hydroxylation sites is 2. The molecule has 200 valence electrons. The standard InChI is InChI=1S/C26H22ClF3N2O5S/c1-36-24(33)15-19-18-7-3-4-8-21(18)32-25(19)17-10-11-20(27)23(14-17)38(34,35)31-13-12-16-6-2-5-9-22(16)37-26(28,29)30/h2-11,14,31-32H,12-13,15H2,1H3. The van der Waals surface area contributed by atoms with E-state index < -0.39 is 28.1 Å². The van der Waals surface area contributed by atoms with Crippen molar-refractivity contribution in [1.29, 1.82) is 0 Å². The lowest BCUT2D eigenvalue weighted by atomic mass is 10.0. The first kappa shape index (κ1) is 27.5. The molecule has 4 rings (SSSR count). The summed E-state index contributed by atoms with van der Waals surface area (Å²) in [7, 11) is -2.88. The fourth-order valence-corrected chi connectivity index (χ4v) is 5.60. The van der Waals surface area contributed by atoms with Crippen LogP contribution in [-0.4, -0.2) is 39.4 Å². The van der Waals surface area contributed by atoms with Crippen LogP contribution in [0.5, 0.6) is 5.75 Å². The quantitative estimate of drug-likeness (QED) is 0.256. The maximum Gasteiger partial charge on any atom is 0.573 e. The summed E-state index contributed by atoms with van der Waals surface area (Å²) in [6.45, 7) is -0.207. The molecule has 1 heterocycles. The van der Waals surface area contributed by atoms with E-state index in [0.29, 0.717) is 16.8 Å². The van der Waals surface area contributed by atoms with Gasteiger partial charge in [0.05, 0.1) is 24.2 Å². The van der Waals surface area contributed by atoms with Crippen molar-refractivity contribution in [3.8, 4) is 17.0 Å². The Morgan fingerprint density at radius 3 is 2.50 bits per heavy atom. The number of benzene rings is 3. The average molecular weight is 567 g/mol. The minimum Gasteiger partial charge on any atom is -0.469 e. The van der Waals surface area contributed by atoms with E-state index in [4.69, 9.17) is 16.3 Å². The van der Waals surface area contributed by atoms with Crippen molar-refractivity contribution in [2.75, 3.05) is 13.7 Å². The van der Waals surface area contributed by atoms with Gasteiger partial charge in [-0.1, -0.05) is 54.1 Å². The number of carbonyl (C=O) groups excluding carboxylic acids is 1. The van der Waals surface area contributed by atoms with Crippen molar-refractivity contribution in [3.05, 3.63) is 82.9 Å². The SMILES string of the molecule is COC(=O)Cc1c(-c2ccc(Cl)c(S(=O)(=O)NCCc3ccccc3OC(F)(F)F)c2)[nH]c2ccccc12. The number of hydrogen-bond acceptors (Lipinski definition) is 5. The Hall–Kier alpha value is -3.54. The van der Waals surface area contributed by atoms with Gasteiger partial charge >= 0.3 is 12.3 Å². The number of H-pyrrole nitrogens is 1. The summed E-state index contributed by atoms with van der Waals surface area (Å²) < 4.78 is 75.5. The summed E-state index contributed by atoms with van der Waals surface area (Å²) in [5.41, 5.74) is 2.56. The van der Waals surface area contributed by atoms with Gasteiger partial charge in [0, 0.05) is 17.4 Å². The molecule has 2 N–H and O–H groups in total. The molecule has 12 heteroatoms. The van der Waals surface area contributed by atoms with Gasteiger partial charge in [-0.3, -0.25) is 4.79 Å². The maximum atomic E-state index is 13.1. The molecule has 7 nitrogen and oxygen atoms in total. The molecule has 0 fully saturated rings. The molecule has 0 radical (unpaired) electrons. The number of hydrogen-bond donors (Lipinski definition) is 2. The molecule has 0 atom stereocenters. The van der Waals surface area contributed by atoms with E-state index >= 15 is 0 Å². The summed E-state index contributed by atoms with van der Waals surface area (Å²) in [6, 6.07) is 17.2. The van der Waals surface area contributed by atoms with E-state index in [0.717, 1.165) is 17.0 Å². The van der Waals surface area contributed by atoms with Gasteiger partial charge in [-0.25, -0.2) is 13.1 Å². The number of methoxy groups -OCH3 is 1. The van der Waals surface area contributed by atoms with Gasteiger partial charge in [0.2, 0.25) is 10.0 Å². The molecule has 0 unspecified atom stereocenters. The number of esters is 1. The molecule has 0 saturated carbocycles. The number of alkyl halides is 3. The second-order valence-electron chi connectivity index (χ2n) is 8.23. The van der Waals surface area contributed by atoms with Crippen molar-refractivity contribution in [3.63, 3.8) is 0 Å². The highest BCUT2D eigenvalue weighted by Crippen LogP contribution is 2.34. The number of sulfonamides is 1. The Kier molecular flexibility index (Phi) is 8.00. The zero-order chi connectivity index (χ0) is 27.5. The zero-order valence-corrected chi connectivity index (χ0v) is 21.5. The van der Waals surface area contributed by atoms with Crippen LogP contribution >= 0.6 is 11.6 Å². The van der Waals surface area contributed by atoms with Crippen LogP contribution in [0, 0.1) is 0 Å². The Bertz CT molecular complexity index is 1590. The molecule has 0 aliphatic rings. The minimum absolute atomic E-state index is 0.0434. The van der Waals surface area contributed by atoms with Crippen LogP contribution in [0.4, 0.5) is 13.2 Å². The number of aromatic amines is 1. The van der Waals surface area contributed by atoms with Crippen LogP contribution in [0.1, 0.15) is 11.1 Å². The van der Waals surface area contributed by atoms with Crippen molar-refractivity contribution in [1.82, 2.24) is 9.71 Å². The maximum absolute atomic E-state index is 13.1. The van der Waals surface area contributed by atoms with Crippen LogP contribution in [0.15, 0.2) is 71.6 Å². The van der Waals surface area contributed by atoms with Gasteiger partial charge in [-0.15, -0.1) is 13.2 Å². The molecule has 0 amide bonds. The number of nitrogens with one attached hydrogen (secondary N) is 2. The van der Waals surface area contributed by atoms with Crippen LogP contribution in [0.25, 0.3) is 22.2 Å². The topological polar surface area (TPSA) is 97.5 Å². The van der Waals surface area contributed by atoms with Gasteiger partial charge in [0.25, 0.3) is 0 Å². The molecule has 0 spiro atoms. The minimum atomic E-state index is -4.88. The Morgan fingerprint density at radius 1 is 1.05 bits per heavy atom. The molecule has 0 aliphatic carbocycles. The molecule has 0 bridgehead atoms.